The first-order valence-corrected chi connectivity index (χ1v) is 12.1. The van der Waals surface area contributed by atoms with E-state index in [1.165, 1.54) is 47.8 Å². The fourth-order valence-corrected chi connectivity index (χ4v) is 4.87. The maximum absolute atomic E-state index is 6.43. The Kier molecular flexibility index (Phi) is 11.7. The molecule has 0 amide bonds. The van der Waals surface area contributed by atoms with Crippen LogP contribution in [0.1, 0.15) is 63.0 Å². The highest BCUT2D eigenvalue weighted by molar-refractivity contribution is 6.30. The minimum absolute atomic E-state index is 0.495. The average molecular weight is 465 g/mol. The number of rotatable bonds is 6. The summed E-state index contributed by atoms with van der Waals surface area (Å²) in [6.45, 7) is 7.21. The maximum Gasteiger partial charge on any atom is 0.0945 e. The third-order valence-corrected chi connectivity index (χ3v) is 6.36. The molecule has 1 aliphatic heterocycles. The van der Waals surface area contributed by atoms with Crippen molar-refractivity contribution in [2.45, 2.75) is 58.4 Å². The largest absolute Gasteiger partial charge is 0.337 e. The van der Waals surface area contributed by atoms with E-state index >= 15 is 0 Å². The topological polar surface area (TPSA) is 53.7 Å². The zero-order valence-corrected chi connectivity index (χ0v) is 20.7. The molecule has 2 aromatic rings. The van der Waals surface area contributed by atoms with Crippen LogP contribution < -0.4 is 5.32 Å². The van der Waals surface area contributed by atoms with Gasteiger partial charge >= 0.3 is 0 Å². The highest BCUT2D eigenvalue weighted by Gasteiger charge is 2.27. The molecule has 1 fully saturated rings. The van der Waals surface area contributed by atoms with Gasteiger partial charge in [-0.25, -0.2) is 4.98 Å². The number of terminal acetylenes is 1. The molecule has 0 saturated carbocycles. The number of aryl methyl sites for hydroxylation is 1. The Bertz CT molecular complexity index is 934. The quantitative estimate of drug-likeness (QED) is 0.282. The molecule has 1 aromatic heterocycles. The molecule has 5 heteroatoms. The number of imidazole rings is 1. The van der Waals surface area contributed by atoms with Crippen LogP contribution in [-0.2, 0) is 6.54 Å². The van der Waals surface area contributed by atoms with Gasteiger partial charge in [-0.15, -0.1) is 12.8 Å². The predicted molar refractivity (Wildman–Crippen MR) is 142 cm³/mol. The minimum atomic E-state index is 0.495. The lowest BCUT2D eigenvalue weighted by molar-refractivity contribution is 0.346. The Morgan fingerprint density at radius 2 is 1.97 bits per heavy atom. The van der Waals surface area contributed by atoms with E-state index in [2.05, 4.69) is 65.0 Å². The highest BCUT2D eigenvalue weighted by atomic mass is 35.5. The lowest BCUT2D eigenvalue weighted by Gasteiger charge is -2.30. The third kappa shape index (κ3) is 8.03. The number of benzene rings is 1. The Morgan fingerprint density at radius 1 is 1.24 bits per heavy atom. The molecule has 1 atom stereocenters. The highest BCUT2D eigenvalue weighted by Crippen LogP contribution is 2.41. The van der Waals surface area contributed by atoms with E-state index in [-0.39, 0.29) is 0 Å². The normalized spacial score (nSPS) is 17.7. The number of hydrogen-bond acceptors (Lipinski definition) is 3. The van der Waals surface area contributed by atoms with Crippen molar-refractivity contribution in [2.75, 3.05) is 13.1 Å². The molecule has 2 heterocycles. The van der Waals surface area contributed by atoms with Crippen LogP contribution in [0.5, 0.6) is 0 Å². The molecule has 176 valence electrons. The summed E-state index contributed by atoms with van der Waals surface area (Å²) < 4.78 is 2.16. The molecule has 1 unspecified atom stereocenters. The van der Waals surface area contributed by atoms with Gasteiger partial charge in [-0.3, -0.25) is 0 Å². The van der Waals surface area contributed by atoms with Crippen molar-refractivity contribution in [3.63, 3.8) is 0 Å². The van der Waals surface area contributed by atoms with Crippen LogP contribution in [0.2, 0.25) is 5.02 Å². The van der Waals surface area contributed by atoms with E-state index in [0.29, 0.717) is 11.8 Å². The summed E-state index contributed by atoms with van der Waals surface area (Å²) in [4.78, 5) is 4.13. The minimum Gasteiger partial charge on any atom is -0.337 e. The summed E-state index contributed by atoms with van der Waals surface area (Å²) >= 11 is 6.43. The fraction of sp³-hybridized carbons (Fsp3) is 0.429. The molecule has 33 heavy (non-hydrogen) atoms. The average Bonchev–Trinajstić information content (AvgIpc) is 3.31. The molecule has 1 aromatic carbocycles. The van der Waals surface area contributed by atoms with Gasteiger partial charge in [0.05, 0.1) is 6.33 Å². The van der Waals surface area contributed by atoms with Gasteiger partial charge < -0.3 is 15.3 Å². The molecule has 1 aliphatic carbocycles. The van der Waals surface area contributed by atoms with Crippen molar-refractivity contribution in [3.8, 4) is 12.8 Å². The number of unbranched alkanes of at least 4 members (excludes halogenated alkanes) is 1. The zero-order valence-electron chi connectivity index (χ0n) is 19.9. The van der Waals surface area contributed by atoms with E-state index < -0.39 is 0 Å². The molecule has 0 radical (unpaired) electrons. The van der Waals surface area contributed by atoms with Crippen molar-refractivity contribution in [2.24, 2.45) is 5.92 Å². The van der Waals surface area contributed by atoms with Gasteiger partial charge in [-0.05, 0) is 100 Å². The van der Waals surface area contributed by atoms with E-state index in [1.54, 1.807) is 6.92 Å². The monoisotopic (exact) mass is 464 g/mol. The number of nitrogens with zero attached hydrogens (tertiary/aromatic N) is 2. The fourth-order valence-electron chi connectivity index (χ4n) is 4.70. The number of piperidine rings is 1. The molecule has 4 rings (SSSR count). The first-order valence-electron chi connectivity index (χ1n) is 11.8. The molecular weight excluding hydrogens is 428 g/mol. The second-order valence-electron chi connectivity index (χ2n) is 8.47. The summed E-state index contributed by atoms with van der Waals surface area (Å²) in [5, 5.41) is 10.4. The van der Waals surface area contributed by atoms with E-state index in [4.69, 9.17) is 17.0 Å². The van der Waals surface area contributed by atoms with Crippen LogP contribution in [0.15, 0.2) is 54.6 Å². The van der Waals surface area contributed by atoms with Gasteiger partial charge in [0.2, 0.25) is 0 Å². The van der Waals surface area contributed by atoms with Crippen LogP contribution in [0.25, 0.3) is 5.57 Å². The molecular formula is C28H37ClN4. The predicted octanol–water partition coefficient (Wildman–Crippen LogP) is 6.74. The standard InChI is InChI=1S/C24H30ClN3.C2H5N.C2H2/c1-18-14-20(4-2-3-12-28-13-11-27-17-28)24-16-21(25)5-6-22(24)23(15-18)19-7-9-26-10-8-19;1-2-3;1-2/h5-6,11,13-17,19,23,26H,2-4,7-10,12H2,1H3;2-3H,1H3;1-2H. The first kappa shape index (κ1) is 26.6. The summed E-state index contributed by atoms with van der Waals surface area (Å²) in [7, 11) is 0. The Morgan fingerprint density at radius 3 is 2.64 bits per heavy atom. The van der Waals surface area contributed by atoms with Gasteiger partial charge in [0, 0.05) is 29.9 Å². The van der Waals surface area contributed by atoms with Crippen molar-refractivity contribution in [1.29, 1.82) is 5.41 Å². The third-order valence-electron chi connectivity index (χ3n) is 6.13. The molecule has 0 bridgehead atoms. The second-order valence-corrected chi connectivity index (χ2v) is 8.91. The molecule has 4 nitrogen and oxygen atoms in total. The van der Waals surface area contributed by atoms with Gasteiger partial charge in [0.15, 0.2) is 0 Å². The number of aromatic nitrogens is 2. The number of allylic oxidation sites excluding steroid dienone is 4. The second kappa shape index (κ2) is 14.5. The lowest BCUT2D eigenvalue weighted by atomic mass is 9.78. The van der Waals surface area contributed by atoms with Crippen LogP contribution in [0, 0.1) is 24.2 Å². The van der Waals surface area contributed by atoms with Gasteiger partial charge in [0.25, 0.3) is 0 Å². The number of hydrogen-bond donors (Lipinski definition) is 2. The summed E-state index contributed by atoms with van der Waals surface area (Å²) in [5.74, 6) is 1.21. The number of halogens is 1. The summed E-state index contributed by atoms with van der Waals surface area (Å²) in [5.41, 5.74) is 5.66. The van der Waals surface area contributed by atoms with Crippen LogP contribution in [-0.4, -0.2) is 28.9 Å². The van der Waals surface area contributed by atoms with E-state index in [9.17, 15) is 0 Å². The molecule has 1 saturated heterocycles. The number of nitrogens with one attached hydrogen (secondary N) is 2. The Labute approximate surface area is 204 Å². The smallest absolute Gasteiger partial charge is 0.0945 e. The SMILES string of the molecule is C#C.CC1=CC(C2CCNCC2)c2ccc(Cl)cc2C(CCCCn2ccnc2)=C1.CC=N. The molecule has 2 N–H and O–H groups in total. The van der Waals surface area contributed by atoms with E-state index in [0.717, 1.165) is 37.5 Å². The Balaban J connectivity index is 0.000000714. The van der Waals surface area contributed by atoms with Crippen molar-refractivity contribution in [3.05, 3.63) is 70.8 Å². The molecule has 2 aliphatic rings. The molecule has 0 spiro atoms. The van der Waals surface area contributed by atoms with Crippen molar-refractivity contribution < 1.29 is 0 Å². The number of fused-ring (bicyclic) bond motifs is 1. The van der Waals surface area contributed by atoms with Crippen LogP contribution in [0.4, 0.5) is 0 Å². The summed E-state index contributed by atoms with van der Waals surface area (Å²) in [6, 6.07) is 6.54. The lowest BCUT2D eigenvalue weighted by Crippen LogP contribution is -2.30. The summed E-state index contributed by atoms with van der Waals surface area (Å²) in [6.07, 6.45) is 25.8. The van der Waals surface area contributed by atoms with Crippen molar-refractivity contribution >= 4 is 23.4 Å². The Hall–Kier alpha value is -2.61. The van der Waals surface area contributed by atoms with E-state index in [1.807, 2.05) is 18.7 Å². The van der Waals surface area contributed by atoms with Gasteiger partial charge in [-0.1, -0.05) is 35.4 Å². The maximum atomic E-state index is 6.43. The van der Waals surface area contributed by atoms with Gasteiger partial charge in [0.1, 0.15) is 0 Å². The van der Waals surface area contributed by atoms with Crippen molar-refractivity contribution in [1.82, 2.24) is 14.9 Å². The van der Waals surface area contributed by atoms with Gasteiger partial charge in [-0.2, -0.15) is 0 Å². The van der Waals surface area contributed by atoms with Crippen LogP contribution in [0.3, 0.4) is 0 Å². The first-order chi connectivity index (χ1) is 16.1. The zero-order chi connectivity index (χ0) is 24.1. The van der Waals surface area contributed by atoms with Crippen LogP contribution >= 0.6 is 11.6 Å².